The normalized spacial score (nSPS) is 12.7. The Balaban J connectivity index is 0.00000254. The molecule has 0 radical (unpaired) electrons. The standard InChI is InChI=1S/C17H21ClFNO2.C2H6/c1-4-14(18)15(19)7-5-6-10-20-12-13-8-9-16(21-2)17(11-13)22-3;1-2/h4-11,15,20H,12H2,1-3H3;1-2H3/b7-5?,10-6+,14-4+;. The van der Waals surface area contributed by atoms with E-state index in [2.05, 4.69) is 5.32 Å². The number of benzene rings is 1. The first-order valence-electron chi connectivity index (χ1n) is 7.85. The van der Waals surface area contributed by atoms with Gasteiger partial charge >= 0.3 is 0 Å². The van der Waals surface area contributed by atoms with Gasteiger partial charge in [-0.2, -0.15) is 0 Å². The van der Waals surface area contributed by atoms with Gasteiger partial charge in [-0.15, -0.1) is 0 Å². The van der Waals surface area contributed by atoms with Crippen molar-refractivity contribution < 1.29 is 13.9 Å². The Bertz CT molecular complexity index is 556. The molecule has 5 heteroatoms. The third-order valence-electron chi connectivity index (χ3n) is 2.90. The quantitative estimate of drug-likeness (QED) is 0.636. The maximum absolute atomic E-state index is 13.4. The third-order valence-corrected chi connectivity index (χ3v) is 3.33. The minimum atomic E-state index is -1.26. The maximum Gasteiger partial charge on any atom is 0.161 e. The summed E-state index contributed by atoms with van der Waals surface area (Å²) in [7, 11) is 3.20. The lowest BCUT2D eigenvalue weighted by atomic mass is 10.2. The molecule has 3 nitrogen and oxygen atoms in total. The molecule has 0 aliphatic carbocycles. The minimum absolute atomic E-state index is 0.183. The molecule has 0 bridgehead atoms. The SMILES string of the molecule is C/C=C(/Cl)C(F)C=C/C=C/NCc1ccc(OC)c(OC)c1.CC. The molecule has 134 valence electrons. The van der Waals surface area contributed by atoms with E-state index in [0.717, 1.165) is 5.56 Å². The predicted molar refractivity (Wildman–Crippen MR) is 101 cm³/mol. The lowest BCUT2D eigenvalue weighted by Crippen LogP contribution is -2.04. The van der Waals surface area contributed by atoms with Crippen LogP contribution in [-0.2, 0) is 6.54 Å². The van der Waals surface area contributed by atoms with Crippen LogP contribution in [0.4, 0.5) is 4.39 Å². The van der Waals surface area contributed by atoms with Crippen molar-refractivity contribution in [3.63, 3.8) is 0 Å². The average Bonchev–Trinajstić information content (AvgIpc) is 2.64. The van der Waals surface area contributed by atoms with E-state index < -0.39 is 6.17 Å². The second kappa shape index (κ2) is 13.5. The van der Waals surface area contributed by atoms with Crippen LogP contribution in [0, 0.1) is 0 Å². The van der Waals surface area contributed by atoms with Gasteiger partial charge in [-0.05, 0) is 43.0 Å². The molecule has 24 heavy (non-hydrogen) atoms. The first kappa shape index (κ1) is 22.1. The summed E-state index contributed by atoms with van der Waals surface area (Å²) in [6.07, 6.45) is 6.73. The van der Waals surface area contributed by atoms with Crippen molar-refractivity contribution >= 4 is 11.6 Å². The minimum Gasteiger partial charge on any atom is -0.493 e. The van der Waals surface area contributed by atoms with Gasteiger partial charge in [-0.25, -0.2) is 4.39 Å². The Kier molecular flexibility index (Phi) is 12.4. The van der Waals surface area contributed by atoms with Crippen molar-refractivity contribution in [2.45, 2.75) is 33.5 Å². The van der Waals surface area contributed by atoms with E-state index in [1.54, 1.807) is 39.5 Å². The number of nitrogens with one attached hydrogen (secondary N) is 1. The summed E-state index contributed by atoms with van der Waals surface area (Å²) < 4.78 is 23.8. The Morgan fingerprint density at radius 1 is 1.21 bits per heavy atom. The summed E-state index contributed by atoms with van der Waals surface area (Å²) in [4.78, 5) is 0. The average molecular weight is 356 g/mol. The molecule has 1 rings (SSSR count). The fourth-order valence-corrected chi connectivity index (χ4v) is 1.78. The number of hydrogen-bond donors (Lipinski definition) is 1. The molecule has 0 fully saturated rings. The fourth-order valence-electron chi connectivity index (χ4n) is 1.70. The molecule has 0 saturated carbocycles. The van der Waals surface area contributed by atoms with Crippen LogP contribution in [-0.4, -0.2) is 20.4 Å². The number of methoxy groups -OCH3 is 2. The molecule has 0 aromatic heterocycles. The molecule has 0 amide bonds. The maximum atomic E-state index is 13.4. The highest BCUT2D eigenvalue weighted by Gasteiger charge is 2.04. The molecular weight excluding hydrogens is 329 g/mol. The number of allylic oxidation sites excluding steroid dienone is 5. The Morgan fingerprint density at radius 3 is 2.46 bits per heavy atom. The van der Waals surface area contributed by atoms with Crippen molar-refractivity contribution in [2.24, 2.45) is 0 Å². The topological polar surface area (TPSA) is 30.5 Å². The van der Waals surface area contributed by atoms with Crippen molar-refractivity contribution in [2.75, 3.05) is 14.2 Å². The van der Waals surface area contributed by atoms with E-state index in [0.29, 0.717) is 18.0 Å². The van der Waals surface area contributed by atoms with Gasteiger partial charge in [0, 0.05) is 6.54 Å². The first-order valence-corrected chi connectivity index (χ1v) is 8.23. The number of halogens is 2. The van der Waals surface area contributed by atoms with Crippen LogP contribution in [0.2, 0.25) is 0 Å². The molecule has 1 unspecified atom stereocenters. The van der Waals surface area contributed by atoms with E-state index in [1.807, 2.05) is 32.0 Å². The zero-order valence-corrected chi connectivity index (χ0v) is 15.7. The first-order chi connectivity index (χ1) is 11.6. The Hall–Kier alpha value is -1.94. The summed E-state index contributed by atoms with van der Waals surface area (Å²) in [5.74, 6) is 1.38. The van der Waals surface area contributed by atoms with Crippen molar-refractivity contribution in [1.82, 2.24) is 5.32 Å². The molecular formula is C19H27ClFNO2. The zero-order chi connectivity index (χ0) is 18.4. The van der Waals surface area contributed by atoms with Gasteiger partial charge in [0.1, 0.15) is 0 Å². The van der Waals surface area contributed by atoms with Gasteiger partial charge in [-0.1, -0.05) is 43.7 Å². The fraction of sp³-hybridized carbons (Fsp3) is 0.368. The summed E-state index contributed by atoms with van der Waals surface area (Å²) in [5, 5.41) is 3.29. The molecule has 1 aromatic carbocycles. The smallest absolute Gasteiger partial charge is 0.161 e. The lowest BCUT2D eigenvalue weighted by Gasteiger charge is -2.09. The lowest BCUT2D eigenvalue weighted by molar-refractivity contribution is 0.354. The number of rotatable bonds is 8. The monoisotopic (exact) mass is 355 g/mol. The Morgan fingerprint density at radius 2 is 1.88 bits per heavy atom. The number of alkyl halides is 1. The molecule has 0 aliphatic heterocycles. The second-order valence-electron chi connectivity index (χ2n) is 4.39. The summed E-state index contributed by atoms with van der Waals surface area (Å²) in [6.45, 7) is 6.32. The van der Waals surface area contributed by atoms with Crippen LogP contribution >= 0.6 is 11.6 Å². The van der Waals surface area contributed by atoms with Crippen molar-refractivity contribution in [3.8, 4) is 11.5 Å². The van der Waals surface area contributed by atoms with Crippen LogP contribution in [0.3, 0.4) is 0 Å². The molecule has 0 heterocycles. The van der Waals surface area contributed by atoms with Gasteiger partial charge in [0.25, 0.3) is 0 Å². The predicted octanol–water partition coefficient (Wildman–Crippen LogP) is 5.37. The van der Waals surface area contributed by atoms with Crippen LogP contribution in [0.5, 0.6) is 11.5 Å². The van der Waals surface area contributed by atoms with E-state index >= 15 is 0 Å². The molecule has 1 aromatic rings. The van der Waals surface area contributed by atoms with Crippen molar-refractivity contribution in [3.05, 3.63) is 59.3 Å². The number of ether oxygens (including phenoxy) is 2. The van der Waals surface area contributed by atoms with E-state index in [4.69, 9.17) is 21.1 Å². The van der Waals surface area contributed by atoms with Crippen LogP contribution < -0.4 is 14.8 Å². The van der Waals surface area contributed by atoms with Gasteiger partial charge in [0.2, 0.25) is 0 Å². The summed E-state index contributed by atoms with van der Waals surface area (Å²) in [6, 6.07) is 5.70. The summed E-state index contributed by atoms with van der Waals surface area (Å²) >= 11 is 5.66. The van der Waals surface area contributed by atoms with Gasteiger partial charge < -0.3 is 14.8 Å². The van der Waals surface area contributed by atoms with Gasteiger partial charge in [0.15, 0.2) is 17.7 Å². The number of hydrogen-bond acceptors (Lipinski definition) is 3. The largest absolute Gasteiger partial charge is 0.493 e. The highest BCUT2D eigenvalue weighted by molar-refractivity contribution is 6.30. The van der Waals surface area contributed by atoms with E-state index in [9.17, 15) is 4.39 Å². The van der Waals surface area contributed by atoms with Crippen LogP contribution in [0.1, 0.15) is 26.3 Å². The van der Waals surface area contributed by atoms with Gasteiger partial charge in [-0.3, -0.25) is 0 Å². The molecule has 1 N–H and O–H groups in total. The second-order valence-corrected chi connectivity index (χ2v) is 4.83. The highest BCUT2D eigenvalue weighted by Crippen LogP contribution is 2.27. The molecule has 0 saturated heterocycles. The molecule has 0 aliphatic rings. The van der Waals surface area contributed by atoms with E-state index in [1.165, 1.54) is 12.2 Å². The summed E-state index contributed by atoms with van der Waals surface area (Å²) in [5.41, 5.74) is 1.05. The van der Waals surface area contributed by atoms with Crippen LogP contribution in [0.15, 0.2) is 53.7 Å². The Labute approximate surface area is 149 Å². The molecule has 1 atom stereocenters. The third kappa shape index (κ3) is 8.06. The highest BCUT2D eigenvalue weighted by atomic mass is 35.5. The van der Waals surface area contributed by atoms with Crippen LogP contribution in [0.25, 0.3) is 0 Å². The zero-order valence-electron chi connectivity index (χ0n) is 15.0. The van der Waals surface area contributed by atoms with Gasteiger partial charge in [0.05, 0.1) is 19.3 Å². The van der Waals surface area contributed by atoms with Crippen molar-refractivity contribution in [1.29, 1.82) is 0 Å². The molecule has 0 spiro atoms. The van der Waals surface area contributed by atoms with E-state index in [-0.39, 0.29) is 5.03 Å².